The van der Waals surface area contributed by atoms with Gasteiger partial charge in [-0.1, -0.05) is 364 Å². The van der Waals surface area contributed by atoms with Gasteiger partial charge in [0, 0.05) is 77.0 Å². The Labute approximate surface area is 714 Å². The summed E-state index contributed by atoms with van der Waals surface area (Å²) in [6, 6.07) is 163. The normalized spacial score (nSPS) is 11.9. The molecule has 6 nitrogen and oxygen atoms in total. The van der Waals surface area contributed by atoms with E-state index < -0.39 is 0 Å². The molecule has 4 aromatic heterocycles. The van der Waals surface area contributed by atoms with Gasteiger partial charge in [-0.15, -0.1) is 0 Å². The Hall–Kier alpha value is -16.5. The molecular weight excluding hydrogens is 1500 g/mol. The van der Waals surface area contributed by atoms with E-state index >= 15 is 0 Å². The SMILES string of the molecule is c1ccc(-n2c(-c3cccc(-c4c5ccccc5c(-c5cccc(-n6c7ccccc7c7ccccc76)c5)c5ccccc45)c3)nc3c4ccccc4c4ccccc4c32)cc1.c1ccc(-n2c(-c3cccc(-c4c5ccccc5c(-c5cccc(-n6c7ccccc7c7ccccc76)c5)c5ccccc45)c3)nc3c4ccccc4c4ccccc4c32)cc1. The fraction of sp³-hybridized carbons (Fsp3) is 0. The molecule has 6 heteroatoms. The summed E-state index contributed by atoms with van der Waals surface area (Å²) in [5.74, 6) is 1.84. The van der Waals surface area contributed by atoms with Crippen LogP contribution in [-0.2, 0) is 0 Å². The molecule has 26 aromatic rings. The van der Waals surface area contributed by atoms with Gasteiger partial charge in [0.15, 0.2) is 0 Å². The van der Waals surface area contributed by atoms with Crippen LogP contribution >= 0.6 is 0 Å². The van der Waals surface area contributed by atoms with Crippen molar-refractivity contribution in [2.75, 3.05) is 0 Å². The summed E-state index contributed by atoms with van der Waals surface area (Å²) >= 11 is 0. The van der Waals surface area contributed by atoms with E-state index in [0.717, 1.165) is 89.5 Å². The molecule has 0 saturated heterocycles. The Morgan fingerprint density at radius 3 is 0.645 bits per heavy atom. The van der Waals surface area contributed by atoms with Crippen LogP contribution in [0.1, 0.15) is 0 Å². The third kappa shape index (κ3) is 11.0. The molecule has 4 heterocycles. The van der Waals surface area contributed by atoms with Gasteiger partial charge < -0.3 is 9.13 Å². The predicted octanol–water partition coefficient (Wildman–Crippen LogP) is 31.5. The fourth-order valence-electron chi connectivity index (χ4n) is 20.6. The summed E-state index contributed by atoms with van der Waals surface area (Å²) in [7, 11) is 0. The third-order valence-electron chi connectivity index (χ3n) is 25.7. The average molecular weight is 1580 g/mol. The van der Waals surface area contributed by atoms with Gasteiger partial charge in [0.05, 0.1) is 44.1 Å². The molecule has 0 aliphatic rings. The molecule has 0 radical (unpaired) electrons. The lowest BCUT2D eigenvalue weighted by Gasteiger charge is -2.19. The number of imidazole rings is 2. The van der Waals surface area contributed by atoms with Crippen LogP contribution in [0.5, 0.6) is 0 Å². The average Bonchev–Trinajstić information content (AvgIpc) is 1.56. The Morgan fingerprint density at radius 1 is 0.137 bits per heavy atom. The summed E-state index contributed by atoms with van der Waals surface area (Å²) in [5, 5.41) is 24.4. The Kier molecular flexibility index (Phi) is 16.3. The molecule has 0 spiro atoms. The van der Waals surface area contributed by atoms with Crippen LogP contribution in [0.4, 0.5) is 0 Å². The molecule has 0 aliphatic carbocycles. The summed E-state index contributed by atoms with van der Waals surface area (Å²) in [6.45, 7) is 0. The second-order valence-corrected chi connectivity index (χ2v) is 32.5. The van der Waals surface area contributed by atoms with Crippen molar-refractivity contribution in [3.8, 4) is 90.0 Å². The molecule has 124 heavy (non-hydrogen) atoms. The predicted molar refractivity (Wildman–Crippen MR) is 523 cm³/mol. The molecule has 22 aromatic carbocycles. The van der Waals surface area contributed by atoms with E-state index in [-0.39, 0.29) is 0 Å². The van der Waals surface area contributed by atoms with Crippen LogP contribution in [0.15, 0.2) is 449 Å². The van der Waals surface area contributed by atoms with E-state index in [9.17, 15) is 0 Å². The highest BCUT2D eigenvalue weighted by Gasteiger charge is 2.27. The zero-order chi connectivity index (χ0) is 81.5. The molecule has 0 N–H and O–H groups in total. The number of fused-ring (bicyclic) bond motifs is 22. The molecule has 576 valence electrons. The van der Waals surface area contributed by atoms with Crippen molar-refractivity contribution in [3.05, 3.63) is 449 Å². The number of para-hydroxylation sites is 6. The van der Waals surface area contributed by atoms with E-state index in [1.54, 1.807) is 0 Å². The first kappa shape index (κ1) is 70.5. The Bertz CT molecular complexity index is 8150. The van der Waals surface area contributed by atoms with E-state index in [0.29, 0.717) is 0 Å². The van der Waals surface area contributed by atoms with Crippen LogP contribution in [0.3, 0.4) is 0 Å². The van der Waals surface area contributed by atoms with Gasteiger partial charge in [0.25, 0.3) is 0 Å². The van der Waals surface area contributed by atoms with Gasteiger partial charge in [-0.25, -0.2) is 9.97 Å². The molecule has 0 aliphatic heterocycles. The smallest absolute Gasteiger partial charge is 0.145 e. The minimum Gasteiger partial charge on any atom is -0.309 e. The van der Waals surface area contributed by atoms with Crippen LogP contribution in [0.25, 0.3) is 242 Å². The number of aromatic nitrogens is 6. The second kappa shape index (κ2) is 28.6. The largest absolute Gasteiger partial charge is 0.309 e. The highest BCUT2D eigenvalue weighted by Crippen LogP contribution is 2.50. The van der Waals surface area contributed by atoms with Gasteiger partial charge in [-0.05, 0) is 194 Å². The lowest BCUT2D eigenvalue weighted by Crippen LogP contribution is -1.98. The van der Waals surface area contributed by atoms with Gasteiger partial charge in [-0.3, -0.25) is 9.13 Å². The summed E-state index contributed by atoms with van der Waals surface area (Å²) in [6.07, 6.45) is 0. The lowest BCUT2D eigenvalue weighted by molar-refractivity contribution is 1.11. The highest BCUT2D eigenvalue weighted by molar-refractivity contribution is 6.28. The van der Waals surface area contributed by atoms with Crippen molar-refractivity contribution in [2.24, 2.45) is 0 Å². The van der Waals surface area contributed by atoms with E-state index in [1.165, 1.54) is 152 Å². The second-order valence-electron chi connectivity index (χ2n) is 32.5. The minimum atomic E-state index is 0.918. The zero-order valence-corrected chi connectivity index (χ0v) is 67.4. The maximum atomic E-state index is 5.58. The fourth-order valence-corrected chi connectivity index (χ4v) is 20.6. The molecule has 0 atom stereocenters. The Balaban J connectivity index is 0.000000136. The molecular formula is C118H74N6. The first-order valence-corrected chi connectivity index (χ1v) is 42.6. The number of hydrogen-bond acceptors (Lipinski definition) is 2. The van der Waals surface area contributed by atoms with Gasteiger partial charge in [-0.2, -0.15) is 0 Å². The first-order valence-electron chi connectivity index (χ1n) is 42.6. The molecule has 0 fully saturated rings. The number of rotatable bonds is 10. The maximum Gasteiger partial charge on any atom is 0.145 e. The topological polar surface area (TPSA) is 45.5 Å². The monoisotopic (exact) mass is 1570 g/mol. The first-order chi connectivity index (χ1) is 61.6. The van der Waals surface area contributed by atoms with Crippen molar-refractivity contribution >= 4 is 152 Å². The summed E-state index contributed by atoms with van der Waals surface area (Å²) in [5.41, 5.74) is 25.3. The van der Waals surface area contributed by atoms with Crippen molar-refractivity contribution < 1.29 is 0 Å². The van der Waals surface area contributed by atoms with Crippen LogP contribution in [0, 0.1) is 0 Å². The molecule has 26 rings (SSSR count). The van der Waals surface area contributed by atoms with E-state index in [4.69, 9.17) is 9.97 Å². The molecule has 0 saturated carbocycles. The minimum absolute atomic E-state index is 0.918. The van der Waals surface area contributed by atoms with Crippen LogP contribution in [0.2, 0.25) is 0 Å². The van der Waals surface area contributed by atoms with Crippen molar-refractivity contribution in [2.45, 2.75) is 0 Å². The number of benzene rings is 22. The number of nitrogens with zero attached hydrogens (tertiary/aromatic N) is 6. The van der Waals surface area contributed by atoms with Crippen molar-refractivity contribution in [3.63, 3.8) is 0 Å². The van der Waals surface area contributed by atoms with Gasteiger partial charge in [0.2, 0.25) is 0 Å². The zero-order valence-electron chi connectivity index (χ0n) is 67.4. The van der Waals surface area contributed by atoms with E-state index in [2.05, 4.69) is 467 Å². The van der Waals surface area contributed by atoms with Crippen LogP contribution in [-0.4, -0.2) is 28.2 Å². The lowest BCUT2D eigenvalue weighted by atomic mass is 9.85. The summed E-state index contributed by atoms with van der Waals surface area (Å²) < 4.78 is 9.55. The van der Waals surface area contributed by atoms with Crippen LogP contribution < -0.4 is 0 Å². The Morgan fingerprint density at radius 2 is 0.347 bits per heavy atom. The molecule has 0 unspecified atom stereocenters. The third-order valence-corrected chi connectivity index (χ3v) is 25.7. The standard InChI is InChI=1S/2C59H37N3/c2*1-2-21-41(22-3-1)62-58-52-33-11-5-25-44(52)43-24-4-10-32-51(43)57(58)60-59(62)40-20-16-18-38(36-40)55-47-28-6-8-30-49(47)56(50-31-9-7-29-48(50)55)39-19-17-23-42(37-39)61-53-34-14-12-26-45(53)46-27-13-15-35-54(46)61/h2*1-37H. The quantitative estimate of drug-likeness (QED) is 0.101. The maximum absolute atomic E-state index is 5.58. The van der Waals surface area contributed by atoms with Gasteiger partial charge >= 0.3 is 0 Å². The van der Waals surface area contributed by atoms with E-state index in [1.807, 2.05) is 0 Å². The highest BCUT2D eigenvalue weighted by atomic mass is 15.1. The van der Waals surface area contributed by atoms with Crippen molar-refractivity contribution in [1.29, 1.82) is 0 Å². The van der Waals surface area contributed by atoms with Crippen molar-refractivity contribution in [1.82, 2.24) is 28.2 Å². The summed E-state index contributed by atoms with van der Waals surface area (Å²) in [4.78, 5) is 11.2. The molecule has 0 bridgehead atoms. The number of hydrogen-bond donors (Lipinski definition) is 0. The molecule has 0 amide bonds. The van der Waals surface area contributed by atoms with Gasteiger partial charge in [0.1, 0.15) is 11.6 Å².